The molecule has 1 N–H and O–H groups in total. The molecular weight excluding hydrogens is 393 g/mol. The molecule has 0 unspecified atom stereocenters. The van der Waals surface area contributed by atoms with Gasteiger partial charge in [0.1, 0.15) is 0 Å². The van der Waals surface area contributed by atoms with Crippen molar-refractivity contribution < 1.29 is 9.90 Å². The van der Waals surface area contributed by atoms with Crippen molar-refractivity contribution in [2.45, 2.75) is 0 Å². The molecule has 0 atom stereocenters. The second-order valence-corrected chi connectivity index (χ2v) is 5.76. The first-order chi connectivity index (χ1) is 9.56. The molecule has 2 heterocycles. The molecule has 0 saturated carbocycles. The molecule has 0 aliphatic rings. The van der Waals surface area contributed by atoms with Crippen molar-refractivity contribution >= 4 is 45.8 Å². The summed E-state index contributed by atoms with van der Waals surface area (Å²) in [6.07, 6.45) is 1.47. The molecule has 3 aromatic rings. The van der Waals surface area contributed by atoms with Crippen LogP contribution in [-0.2, 0) is 0 Å². The fourth-order valence-corrected chi connectivity index (χ4v) is 2.47. The molecule has 2 aromatic heterocycles. The third kappa shape index (κ3) is 2.25. The minimum absolute atomic E-state index is 0.0917. The van der Waals surface area contributed by atoms with E-state index in [1.54, 1.807) is 4.40 Å². The van der Waals surface area contributed by atoms with Gasteiger partial charge in [0.25, 0.3) is 0 Å². The van der Waals surface area contributed by atoms with Crippen LogP contribution in [0.25, 0.3) is 17.0 Å². The summed E-state index contributed by atoms with van der Waals surface area (Å²) in [5, 5.41) is 17.4. The quantitative estimate of drug-likeness (QED) is 0.671. The standard InChI is InChI=1S/C13H7ClIN3O2/c14-10-5-8(13(19)20)6-18-11(16-17-12(10)18)7-1-3-9(15)4-2-7/h1-6H,(H,19,20). The van der Waals surface area contributed by atoms with Crippen LogP contribution in [0.1, 0.15) is 10.4 Å². The van der Waals surface area contributed by atoms with Gasteiger partial charge in [-0.2, -0.15) is 0 Å². The first-order valence-electron chi connectivity index (χ1n) is 5.60. The highest BCUT2D eigenvalue weighted by Gasteiger charge is 2.14. The zero-order valence-electron chi connectivity index (χ0n) is 9.92. The molecule has 7 heteroatoms. The SMILES string of the molecule is O=C(O)c1cc(Cl)c2nnc(-c3ccc(I)cc3)n2c1. The predicted molar refractivity (Wildman–Crippen MR) is 83.1 cm³/mol. The van der Waals surface area contributed by atoms with E-state index in [1.165, 1.54) is 12.3 Å². The zero-order valence-corrected chi connectivity index (χ0v) is 12.8. The van der Waals surface area contributed by atoms with Crippen molar-refractivity contribution in [1.29, 1.82) is 0 Å². The Hall–Kier alpha value is -1.67. The Balaban J connectivity index is 2.26. The summed E-state index contributed by atoms with van der Waals surface area (Å²) in [5.74, 6) is -0.488. The fraction of sp³-hybridized carbons (Fsp3) is 0. The minimum Gasteiger partial charge on any atom is -0.478 e. The number of hydrogen-bond donors (Lipinski definition) is 1. The number of benzene rings is 1. The Labute approximate surface area is 132 Å². The van der Waals surface area contributed by atoms with E-state index in [2.05, 4.69) is 32.8 Å². The van der Waals surface area contributed by atoms with Gasteiger partial charge in [0, 0.05) is 15.3 Å². The van der Waals surface area contributed by atoms with E-state index in [0.29, 0.717) is 11.5 Å². The van der Waals surface area contributed by atoms with Gasteiger partial charge in [-0.05, 0) is 40.8 Å². The highest BCUT2D eigenvalue weighted by molar-refractivity contribution is 14.1. The van der Waals surface area contributed by atoms with Crippen molar-refractivity contribution in [2.24, 2.45) is 0 Å². The van der Waals surface area contributed by atoms with Crippen molar-refractivity contribution in [3.63, 3.8) is 0 Å². The predicted octanol–water partition coefficient (Wildman–Crippen LogP) is 3.35. The van der Waals surface area contributed by atoms with Crippen molar-refractivity contribution in [3.05, 3.63) is 50.7 Å². The minimum atomic E-state index is -1.05. The van der Waals surface area contributed by atoms with Gasteiger partial charge < -0.3 is 5.11 Å². The number of aromatic nitrogens is 3. The number of nitrogens with zero attached hydrogens (tertiary/aromatic N) is 3. The molecule has 0 radical (unpaired) electrons. The van der Waals surface area contributed by atoms with Gasteiger partial charge in [0.15, 0.2) is 11.5 Å². The van der Waals surface area contributed by atoms with Gasteiger partial charge in [0.05, 0.1) is 10.6 Å². The van der Waals surface area contributed by atoms with Crippen molar-refractivity contribution in [3.8, 4) is 11.4 Å². The Morgan fingerprint density at radius 1 is 1.25 bits per heavy atom. The summed E-state index contributed by atoms with van der Waals surface area (Å²) >= 11 is 8.25. The lowest BCUT2D eigenvalue weighted by atomic mass is 10.2. The van der Waals surface area contributed by atoms with Gasteiger partial charge in [-0.25, -0.2) is 4.79 Å². The molecule has 0 aliphatic carbocycles. The third-order valence-corrected chi connectivity index (χ3v) is 3.81. The van der Waals surface area contributed by atoms with Crippen LogP contribution in [0.15, 0.2) is 36.5 Å². The maximum atomic E-state index is 11.1. The summed E-state index contributed by atoms with van der Waals surface area (Å²) in [4.78, 5) is 11.1. The Bertz CT molecular complexity index is 814. The van der Waals surface area contributed by atoms with E-state index in [4.69, 9.17) is 16.7 Å². The summed E-state index contributed by atoms with van der Waals surface area (Å²) in [6, 6.07) is 9.06. The molecular formula is C13H7ClIN3O2. The van der Waals surface area contributed by atoms with Gasteiger partial charge in [-0.15, -0.1) is 10.2 Å². The van der Waals surface area contributed by atoms with E-state index in [-0.39, 0.29) is 10.6 Å². The van der Waals surface area contributed by atoms with E-state index in [9.17, 15) is 4.79 Å². The molecule has 0 saturated heterocycles. The summed E-state index contributed by atoms with van der Waals surface area (Å²) in [7, 11) is 0. The van der Waals surface area contributed by atoms with Gasteiger partial charge in [0.2, 0.25) is 0 Å². The third-order valence-electron chi connectivity index (χ3n) is 2.81. The maximum absolute atomic E-state index is 11.1. The number of carboxylic acid groups (broad SMARTS) is 1. The smallest absolute Gasteiger partial charge is 0.337 e. The fourth-order valence-electron chi connectivity index (χ4n) is 1.87. The first kappa shape index (κ1) is 13.3. The largest absolute Gasteiger partial charge is 0.478 e. The second-order valence-electron chi connectivity index (χ2n) is 4.11. The summed E-state index contributed by atoms with van der Waals surface area (Å²) in [5.41, 5.74) is 1.37. The lowest BCUT2D eigenvalue weighted by Crippen LogP contribution is -2.00. The average Bonchev–Trinajstić information content (AvgIpc) is 2.84. The van der Waals surface area contributed by atoms with E-state index in [1.807, 2.05) is 24.3 Å². The van der Waals surface area contributed by atoms with Gasteiger partial charge >= 0.3 is 5.97 Å². The number of halogens is 2. The number of carboxylic acids is 1. The molecule has 0 amide bonds. The van der Waals surface area contributed by atoms with Gasteiger partial charge in [-0.3, -0.25) is 4.40 Å². The van der Waals surface area contributed by atoms with Crippen LogP contribution >= 0.6 is 34.2 Å². The molecule has 3 rings (SSSR count). The van der Waals surface area contributed by atoms with Crippen LogP contribution in [0.4, 0.5) is 0 Å². The van der Waals surface area contributed by atoms with Crippen LogP contribution in [-0.4, -0.2) is 25.7 Å². The molecule has 1 aromatic carbocycles. The number of aromatic carboxylic acids is 1. The highest BCUT2D eigenvalue weighted by atomic mass is 127. The van der Waals surface area contributed by atoms with Crippen LogP contribution in [0, 0.1) is 3.57 Å². The van der Waals surface area contributed by atoms with Crippen LogP contribution in [0.3, 0.4) is 0 Å². The lowest BCUT2D eigenvalue weighted by Gasteiger charge is -2.03. The lowest BCUT2D eigenvalue weighted by molar-refractivity contribution is 0.0696. The molecule has 20 heavy (non-hydrogen) atoms. The van der Waals surface area contributed by atoms with Crippen molar-refractivity contribution in [1.82, 2.24) is 14.6 Å². The molecule has 5 nitrogen and oxygen atoms in total. The average molecular weight is 400 g/mol. The maximum Gasteiger partial charge on any atom is 0.337 e. The van der Waals surface area contributed by atoms with E-state index in [0.717, 1.165) is 9.13 Å². The summed E-state index contributed by atoms with van der Waals surface area (Å²) in [6.45, 7) is 0. The van der Waals surface area contributed by atoms with Crippen LogP contribution in [0.5, 0.6) is 0 Å². The Morgan fingerprint density at radius 2 is 1.95 bits per heavy atom. The molecule has 0 aliphatic heterocycles. The number of pyridine rings is 1. The van der Waals surface area contributed by atoms with E-state index >= 15 is 0 Å². The molecule has 0 spiro atoms. The van der Waals surface area contributed by atoms with Crippen LogP contribution in [0.2, 0.25) is 5.02 Å². The number of hydrogen-bond acceptors (Lipinski definition) is 3. The highest BCUT2D eigenvalue weighted by Crippen LogP contribution is 2.24. The monoisotopic (exact) mass is 399 g/mol. The van der Waals surface area contributed by atoms with Crippen LogP contribution < -0.4 is 0 Å². The molecule has 100 valence electrons. The van der Waals surface area contributed by atoms with Crippen molar-refractivity contribution in [2.75, 3.05) is 0 Å². The Morgan fingerprint density at radius 3 is 2.60 bits per heavy atom. The van der Waals surface area contributed by atoms with Gasteiger partial charge in [-0.1, -0.05) is 23.7 Å². The zero-order chi connectivity index (χ0) is 14.3. The van der Waals surface area contributed by atoms with E-state index < -0.39 is 5.97 Å². The normalized spacial score (nSPS) is 10.9. The number of rotatable bonds is 2. The summed E-state index contributed by atoms with van der Waals surface area (Å²) < 4.78 is 2.69. The molecule has 0 bridgehead atoms. The Kier molecular flexibility index (Phi) is 3.35. The first-order valence-corrected chi connectivity index (χ1v) is 7.05. The topological polar surface area (TPSA) is 67.5 Å². The molecule has 0 fully saturated rings. The second kappa shape index (κ2) is 5.02. The number of carbonyl (C=O) groups is 1. The number of fused-ring (bicyclic) bond motifs is 1.